The van der Waals surface area contributed by atoms with Crippen molar-refractivity contribution in [1.82, 2.24) is 15.3 Å². The maximum absolute atomic E-state index is 12.3. The summed E-state index contributed by atoms with van der Waals surface area (Å²) in [6.45, 7) is 6.31. The molecule has 0 bridgehead atoms. The highest BCUT2D eigenvalue weighted by Crippen LogP contribution is 2.18. The maximum Gasteiger partial charge on any atom is 0.270 e. The van der Waals surface area contributed by atoms with Crippen LogP contribution in [0.5, 0.6) is 0 Å². The predicted molar refractivity (Wildman–Crippen MR) is 92.0 cm³/mol. The predicted octanol–water partition coefficient (Wildman–Crippen LogP) is 2.53. The Bertz CT molecular complexity index is 751. The molecule has 24 heavy (non-hydrogen) atoms. The van der Waals surface area contributed by atoms with Gasteiger partial charge in [-0.1, -0.05) is 38.1 Å². The number of carbonyl (C=O) groups excluding carboxylic acids is 1. The molecule has 2 N–H and O–H groups in total. The van der Waals surface area contributed by atoms with E-state index < -0.39 is 0 Å². The number of hydrogen-bond donors (Lipinski definition) is 2. The molecule has 0 fully saturated rings. The van der Waals surface area contributed by atoms with Gasteiger partial charge in [-0.3, -0.25) is 9.59 Å². The first-order valence-corrected chi connectivity index (χ1v) is 7.90. The quantitative estimate of drug-likeness (QED) is 0.853. The van der Waals surface area contributed by atoms with Gasteiger partial charge in [-0.05, 0) is 24.0 Å². The second kappa shape index (κ2) is 7.88. The molecule has 1 atom stereocenters. The van der Waals surface area contributed by atoms with Crippen molar-refractivity contribution in [2.45, 2.75) is 39.3 Å². The van der Waals surface area contributed by atoms with Gasteiger partial charge in [0.25, 0.3) is 11.5 Å². The number of hydrogen-bond acceptors (Lipinski definition) is 4. The molecule has 1 aromatic heterocycles. The van der Waals surface area contributed by atoms with Gasteiger partial charge in [-0.15, -0.1) is 0 Å². The number of ether oxygens (including phenoxy) is 1. The minimum Gasteiger partial charge on any atom is -0.377 e. The van der Waals surface area contributed by atoms with Gasteiger partial charge in [-0.2, -0.15) is 0 Å². The zero-order valence-corrected chi connectivity index (χ0v) is 14.4. The van der Waals surface area contributed by atoms with E-state index in [-0.39, 0.29) is 29.8 Å². The van der Waals surface area contributed by atoms with Gasteiger partial charge < -0.3 is 15.0 Å². The molecular weight excluding hydrogens is 306 g/mol. The van der Waals surface area contributed by atoms with E-state index in [1.165, 1.54) is 18.7 Å². The Morgan fingerprint density at radius 3 is 2.42 bits per heavy atom. The first-order chi connectivity index (χ1) is 11.4. The van der Waals surface area contributed by atoms with Crippen LogP contribution in [-0.4, -0.2) is 23.0 Å². The normalized spacial score (nSPS) is 12.2. The molecule has 1 unspecified atom stereocenters. The Morgan fingerprint density at radius 1 is 1.21 bits per heavy atom. The van der Waals surface area contributed by atoms with E-state index in [0.29, 0.717) is 11.7 Å². The highest BCUT2D eigenvalue weighted by Gasteiger charge is 2.14. The summed E-state index contributed by atoms with van der Waals surface area (Å²) in [5, 5.41) is 2.86. The summed E-state index contributed by atoms with van der Waals surface area (Å²) in [6.07, 6.45) is 0. The molecule has 0 saturated carbocycles. The van der Waals surface area contributed by atoms with Crippen LogP contribution >= 0.6 is 0 Å². The third-order valence-electron chi connectivity index (χ3n) is 3.76. The molecule has 0 aliphatic heterocycles. The number of amides is 1. The molecule has 0 spiro atoms. The van der Waals surface area contributed by atoms with Crippen LogP contribution in [0.1, 0.15) is 60.2 Å². The fourth-order valence-electron chi connectivity index (χ4n) is 2.35. The van der Waals surface area contributed by atoms with Crippen LogP contribution in [0.3, 0.4) is 0 Å². The van der Waals surface area contributed by atoms with Gasteiger partial charge in [0.1, 0.15) is 18.1 Å². The molecular formula is C18H23N3O3. The van der Waals surface area contributed by atoms with Crippen LogP contribution in [-0.2, 0) is 11.3 Å². The van der Waals surface area contributed by atoms with Gasteiger partial charge in [-0.25, -0.2) is 4.98 Å². The van der Waals surface area contributed by atoms with Crippen LogP contribution in [0.2, 0.25) is 0 Å². The lowest BCUT2D eigenvalue weighted by Gasteiger charge is -2.15. The molecule has 1 amide bonds. The minimum absolute atomic E-state index is 0.0800. The maximum atomic E-state index is 12.3. The Balaban J connectivity index is 2.12. The standard InChI is InChI=1S/C18H23N3O3/c1-11(2)13-5-7-14(8-6-13)12(3)19-18(23)15-9-17(22)21-16(20-15)10-24-4/h5-9,11-12H,10H2,1-4H3,(H,19,23)(H,20,21,22). The zero-order valence-electron chi connectivity index (χ0n) is 14.4. The lowest BCUT2D eigenvalue weighted by molar-refractivity contribution is 0.0933. The van der Waals surface area contributed by atoms with Crippen LogP contribution in [0.15, 0.2) is 35.1 Å². The average Bonchev–Trinajstić information content (AvgIpc) is 2.54. The molecule has 1 heterocycles. The minimum atomic E-state index is -0.390. The SMILES string of the molecule is COCc1nc(C(=O)NC(C)c2ccc(C(C)C)cc2)cc(=O)[nH]1. The highest BCUT2D eigenvalue weighted by molar-refractivity contribution is 5.92. The number of nitrogens with one attached hydrogen (secondary N) is 2. The van der Waals surface area contributed by atoms with Crippen molar-refractivity contribution in [1.29, 1.82) is 0 Å². The molecule has 0 saturated heterocycles. The summed E-state index contributed by atoms with van der Waals surface area (Å²) in [4.78, 5) is 30.6. The fourth-order valence-corrected chi connectivity index (χ4v) is 2.35. The molecule has 6 nitrogen and oxygen atoms in total. The molecule has 6 heteroatoms. The summed E-state index contributed by atoms with van der Waals surface area (Å²) in [7, 11) is 1.50. The third-order valence-corrected chi connectivity index (χ3v) is 3.76. The van der Waals surface area contributed by atoms with Crippen molar-refractivity contribution in [2.24, 2.45) is 0 Å². The largest absolute Gasteiger partial charge is 0.377 e. The number of benzene rings is 1. The number of methoxy groups -OCH3 is 1. The Morgan fingerprint density at radius 2 is 1.83 bits per heavy atom. The summed E-state index contributed by atoms with van der Waals surface area (Å²) < 4.78 is 4.93. The first kappa shape index (κ1) is 17.9. The van der Waals surface area contributed by atoms with E-state index in [4.69, 9.17) is 4.74 Å². The number of nitrogens with zero attached hydrogens (tertiary/aromatic N) is 1. The lowest BCUT2D eigenvalue weighted by Crippen LogP contribution is -2.29. The van der Waals surface area contributed by atoms with Crippen LogP contribution in [0, 0.1) is 0 Å². The van der Waals surface area contributed by atoms with Crippen LogP contribution in [0.25, 0.3) is 0 Å². The van der Waals surface area contributed by atoms with Crippen molar-refractivity contribution in [2.75, 3.05) is 7.11 Å². The highest BCUT2D eigenvalue weighted by atomic mass is 16.5. The number of carbonyl (C=O) groups is 1. The van der Waals surface area contributed by atoms with Crippen molar-refractivity contribution in [3.05, 3.63) is 63.3 Å². The second-order valence-corrected chi connectivity index (χ2v) is 6.03. The molecule has 2 rings (SSSR count). The van der Waals surface area contributed by atoms with Crippen LogP contribution in [0.4, 0.5) is 0 Å². The average molecular weight is 329 g/mol. The summed E-state index contributed by atoms with van der Waals surface area (Å²) >= 11 is 0. The van der Waals surface area contributed by atoms with Crippen LogP contribution < -0.4 is 10.9 Å². The smallest absolute Gasteiger partial charge is 0.270 e. The monoisotopic (exact) mass is 329 g/mol. The van der Waals surface area contributed by atoms with Gasteiger partial charge in [0.2, 0.25) is 0 Å². The molecule has 1 aromatic carbocycles. The van der Waals surface area contributed by atoms with Crippen molar-refractivity contribution in [3.63, 3.8) is 0 Å². The fraction of sp³-hybridized carbons (Fsp3) is 0.389. The topological polar surface area (TPSA) is 84.1 Å². The number of rotatable bonds is 6. The van der Waals surface area contributed by atoms with E-state index in [9.17, 15) is 9.59 Å². The Labute approximate surface area is 141 Å². The Kier molecular flexibility index (Phi) is 5.87. The van der Waals surface area contributed by atoms with Crippen molar-refractivity contribution >= 4 is 5.91 Å². The van der Waals surface area contributed by atoms with E-state index in [1.807, 2.05) is 19.1 Å². The molecule has 0 radical (unpaired) electrons. The van der Waals surface area contributed by atoms with Crippen molar-refractivity contribution in [3.8, 4) is 0 Å². The van der Waals surface area contributed by atoms with E-state index in [1.54, 1.807) is 0 Å². The summed E-state index contributed by atoms with van der Waals surface area (Å²) in [5.41, 5.74) is 1.94. The van der Waals surface area contributed by atoms with Gasteiger partial charge in [0.15, 0.2) is 0 Å². The summed E-state index contributed by atoms with van der Waals surface area (Å²) in [5.74, 6) is 0.395. The number of H-pyrrole nitrogens is 1. The van der Waals surface area contributed by atoms with E-state index in [2.05, 4.69) is 41.3 Å². The third kappa shape index (κ3) is 4.52. The van der Waals surface area contributed by atoms with Gasteiger partial charge in [0.05, 0.1) is 6.04 Å². The molecule has 0 aliphatic carbocycles. The second-order valence-electron chi connectivity index (χ2n) is 6.03. The zero-order chi connectivity index (χ0) is 17.7. The number of aromatic amines is 1. The summed E-state index contributed by atoms with van der Waals surface area (Å²) in [6, 6.07) is 9.12. The Hall–Kier alpha value is -2.47. The van der Waals surface area contributed by atoms with E-state index in [0.717, 1.165) is 5.56 Å². The van der Waals surface area contributed by atoms with E-state index >= 15 is 0 Å². The molecule has 0 aliphatic rings. The first-order valence-electron chi connectivity index (χ1n) is 7.90. The lowest BCUT2D eigenvalue weighted by atomic mass is 9.99. The molecule has 2 aromatic rings. The van der Waals surface area contributed by atoms with Gasteiger partial charge >= 0.3 is 0 Å². The molecule has 128 valence electrons. The number of aromatic nitrogens is 2. The van der Waals surface area contributed by atoms with Gasteiger partial charge in [0, 0.05) is 13.2 Å². The van der Waals surface area contributed by atoms with Crippen molar-refractivity contribution < 1.29 is 9.53 Å².